The molecule has 0 radical (unpaired) electrons. The lowest BCUT2D eigenvalue weighted by Gasteiger charge is -2.35. The second kappa shape index (κ2) is 5.04. The van der Waals surface area contributed by atoms with E-state index in [0.717, 1.165) is 13.0 Å². The van der Waals surface area contributed by atoms with Crippen LogP contribution in [0.15, 0.2) is 30.5 Å². The fourth-order valence-corrected chi connectivity index (χ4v) is 2.44. The van der Waals surface area contributed by atoms with Crippen LogP contribution in [0.5, 0.6) is 0 Å². The van der Waals surface area contributed by atoms with Crippen LogP contribution >= 0.6 is 0 Å². The van der Waals surface area contributed by atoms with Crippen LogP contribution in [0.4, 0.5) is 0 Å². The number of hydrogen-bond acceptors (Lipinski definition) is 3. The average molecular weight is 255 g/mol. The average Bonchev–Trinajstić information content (AvgIpc) is 2.81. The van der Waals surface area contributed by atoms with Gasteiger partial charge in [-0.1, -0.05) is 18.2 Å². The van der Waals surface area contributed by atoms with E-state index in [9.17, 15) is 0 Å². The topological polar surface area (TPSA) is 60.8 Å². The fourth-order valence-electron chi connectivity index (χ4n) is 2.44. The smallest absolute Gasteiger partial charge is 0.116 e. The molecule has 0 saturated carbocycles. The fraction of sp³-hybridized carbons (Fsp3) is 0.400. The van der Waals surface area contributed by atoms with Crippen LogP contribution in [0, 0.1) is 16.7 Å². The summed E-state index contributed by atoms with van der Waals surface area (Å²) < 4.78 is 5.12. The summed E-state index contributed by atoms with van der Waals surface area (Å²) in [6.45, 7) is 2.71. The molecule has 4 nitrogen and oxygen atoms in total. The molecule has 19 heavy (non-hydrogen) atoms. The minimum Gasteiger partial charge on any atom is -0.378 e. The molecule has 1 fully saturated rings. The summed E-state index contributed by atoms with van der Waals surface area (Å²) in [6.07, 6.45) is 3.03. The maximum Gasteiger partial charge on any atom is 0.116 e. The van der Waals surface area contributed by atoms with Crippen molar-refractivity contribution in [2.24, 2.45) is 5.41 Å². The van der Waals surface area contributed by atoms with Crippen LogP contribution in [-0.4, -0.2) is 31.3 Å². The van der Waals surface area contributed by atoms with E-state index in [2.05, 4.69) is 40.8 Å². The lowest BCUT2D eigenvalue weighted by molar-refractivity contribution is -0.0752. The summed E-state index contributed by atoms with van der Waals surface area (Å²) in [5.41, 5.74) is 2.21. The summed E-state index contributed by atoms with van der Waals surface area (Å²) in [5, 5.41) is 13.7. The van der Waals surface area contributed by atoms with Gasteiger partial charge in [-0.15, -0.1) is 0 Å². The molecule has 2 N–H and O–H groups in total. The number of H-pyrrole nitrogens is 1. The molecule has 1 aliphatic rings. The van der Waals surface area contributed by atoms with Crippen LogP contribution in [0.2, 0.25) is 0 Å². The maximum absolute atomic E-state index is 9.09. The van der Waals surface area contributed by atoms with E-state index in [1.807, 2.05) is 6.07 Å². The number of aromatic amines is 1. The summed E-state index contributed by atoms with van der Waals surface area (Å²) >= 11 is 0. The van der Waals surface area contributed by atoms with Crippen LogP contribution in [0.1, 0.15) is 5.56 Å². The van der Waals surface area contributed by atoms with Gasteiger partial charge in [-0.2, -0.15) is 5.26 Å². The number of nitrogens with zero attached hydrogens (tertiary/aromatic N) is 1. The van der Waals surface area contributed by atoms with Gasteiger partial charge < -0.3 is 15.0 Å². The largest absolute Gasteiger partial charge is 0.378 e. The first-order valence-corrected chi connectivity index (χ1v) is 6.58. The zero-order chi connectivity index (χ0) is 13.1. The molecule has 3 rings (SSSR count). The third-order valence-corrected chi connectivity index (χ3v) is 3.70. The Bertz CT molecular complexity index is 607. The molecule has 1 aromatic carbocycles. The van der Waals surface area contributed by atoms with E-state index in [1.54, 1.807) is 0 Å². The molecule has 0 spiro atoms. The van der Waals surface area contributed by atoms with Crippen molar-refractivity contribution in [2.45, 2.75) is 6.42 Å². The normalized spacial score (nSPS) is 17.0. The number of aromatic nitrogens is 1. The Morgan fingerprint density at radius 1 is 1.37 bits per heavy atom. The Morgan fingerprint density at radius 2 is 2.21 bits per heavy atom. The Balaban J connectivity index is 1.54. The first kappa shape index (κ1) is 12.2. The third kappa shape index (κ3) is 2.35. The van der Waals surface area contributed by atoms with Gasteiger partial charge in [0.2, 0.25) is 0 Å². The molecule has 98 valence electrons. The molecule has 0 unspecified atom stereocenters. The highest BCUT2D eigenvalue weighted by atomic mass is 16.5. The highest BCUT2D eigenvalue weighted by molar-refractivity contribution is 5.83. The molecule has 2 heterocycles. The number of fused-ring (bicyclic) bond motifs is 1. The maximum atomic E-state index is 9.09. The van der Waals surface area contributed by atoms with E-state index >= 15 is 0 Å². The lowest BCUT2D eigenvalue weighted by atomic mass is 9.88. The van der Waals surface area contributed by atoms with Gasteiger partial charge >= 0.3 is 0 Å². The molecular formula is C15H17N3O. The second-order valence-corrected chi connectivity index (χ2v) is 5.17. The summed E-state index contributed by atoms with van der Waals surface area (Å²) in [5.74, 6) is 0. The van der Waals surface area contributed by atoms with E-state index in [4.69, 9.17) is 10.00 Å². The van der Waals surface area contributed by atoms with Gasteiger partial charge in [0, 0.05) is 23.6 Å². The van der Waals surface area contributed by atoms with Crippen molar-refractivity contribution >= 4 is 10.9 Å². The van der Waals surface area contributed by atoms with Crippen molar-refractivity contribution in [1.29, 1.82) is 5.26 Å². The first-order valence-electron chi connectivity index (χ1n) is 6.58. The van der Waals surface area contributed by atoms with Gasteiger partial charge in [-0.25, -0.2) is 0 Å². The Kier molecular flexibility index (Phi) is 3.24. The number of nitrogens with one attached hydrogen (secondary N) is 2. The van der Waals surface area contributed by atoms with Gasteiger partial charge in [0.15, 0.2) is 0 Å². The zero-order valence-corrected chi connectivity index (χ0v) is 10.8. The molecule has 0 amide bonds. The van der Waals surface area contributed by atoms with Crippen LogP contribution < -0.4 is 5.32 Å². The van der Waals surface area contributed by atoms with Crippen molar-refractivity contribution in [3.63, 3.8) is 0 Å². The predicted molar refractivity (Wildman–Crippen MR) is 73.7 cm³/mol. The van der Waals surface area contributed by atoms with E-state index in [0.29, 0.717) is 19.8 Å². The zero-order valence-electron chi connectivity index (χ0n) is 10.8. The van der Waals surface area contributed by atoms with Gasteiger partial charge in [-0.3, -0.25) is 0 Å². The quantitative estimate of drug-likeness (QED) is 0.801. The molecule has 4 heteroatoms. The number of benzene rings is 1. The minimum absolute atomic E-state index is 0.291. The van der Waals surface area contributed by atoms with Crippen molar-refractivity contribution in [3.05, 3.63) is 36.0 Å². The molecular weight excluding hydrogens is 238 g/mol. The number of hydrogen-bond donors (Lipinski definition) is 2. The monoisotopic (exact) mass is 255 g/mol. The highest BCUT2D eigenvalue weighted by Gasteiger charge is 2.38. The van der Waals surface area contributed by atoms with Crippen molar-refractivity contribution in [2.75, 3.05) is 26.3 Å². The lowest BCUT2D eigenvalue weighted by Crippen LogP contribution is -2.48. The minimum atomic E-state index is -0.291. The van der Waals surface area contributed by atoms with Gasteiger partial charge in [-0.05, 0) is 24.6 Å². The van der Waals surface area contributed by atoms with Crippen LogP contribution in [0.3, 0.4) is 0 Å². The van der Waals surface area contributed by atoms with Crippen LogP contribution in [0.25, 0.3) is 10.9 Å². The molecule has 0 bridgehead atoms. The summed E-state index contributed by atoms with van der Waals surface area (Å²) in [4.78, 5) is 3.28. The number of rotatable bonds is 5. The number of nitriles is 1. The van der Waals surface area contributed by atoms with E-state index < -0.39 is 0 Å². The standard InChI is InChI=1S/C15H17N3O/c16-8-15(10-19-11-15)9-17-6-5-12-7-18-14-4-2-1-3-13(12)14/h1-4,7,17-18H,5-6,9-11H2. The van der Waals surface area contributed by atoms with Crippen molar-refractivity contribution in [1.82, 2.24) is 10.3 Å². The molecule has 0 atom stereocenters. The van der Waals surface area contributed by atoms with E-state index in [-0.39, 0.29) is 5.41 Å². The predicted octanol–water partition coefficient (Wildman–Crippen LogP) is 1.84. The third-order valence-electron chi connectivity index (χ3n) is 3.70. The van der Waals surface area contributed by atoms with Crippen molar-refractivity contribution in [3.8, 4) is 6.07 Å². The SMILES string of the molecule is N#CC1(CNCCc2c[nH]c3ccccc23)COC1. The number of para-hydroxylation sites is 1. The molecule has 1 saturated heterocycles. The van der Waals surface area contributed by atoms with E-state index in [1.165, 1.54) is 16.5 Å². The Hall–Kier alpha value is -1.83. The van der Waals surface area contributed by atoms with Gasteiger partial charge in [0.1, 0.15) is 5.41 Å². The van der Waals surface area contributed by atoms with Gasteiger partial charge in [0.25, 0.3) is 0 Å². The first-order chi connectivity index (χ1) is 9.33. The molecule has 2 aromatic rings. The highest BCUT2D eigenvalue weighted by Crippen LogP contribution is 2.25. The summed E-state index contributed by atoms with van der Waals surface area (Å²) in [6, 6.07) is 10.7. The Morgan fingerprint density at radius 3 is 2.95 bits per heavy atom. The molecule has 1 aliphatic heterocycles. The van der Waals surface area contributed by atoms with Gasteiger partial charge in [0.05, 0.1) is 19.3 Å². The number of ether oxygens (including phenoxy) is 1. The second-order valence-electron chi connectivity index (χ2n) is 5.17. The molecule has 1 aromatic heterocycles. The Labute approximate surface area is 112 Å². The summed E-state index contributed by atoms with van der Waals surface area (Å²) in [7, 11) is 0. The molecule has 0 aliphatic carbocycles. The van der Waals surface area contributed by atoms with Crippen LogP contribution in [-0.2, 0) is 11.2 Å². The van der Waals surface area contributed by atoms with Crippen molar-refractivity contribution < 1.29 is 4.74 Å².